The van der Waals surface area contributed by atoms with Gasteiger partial charge in [0.05, 0.1) is 19.2 Å². The molecule has 0 radical (unpaired) electrons. The van der Waals surface area contributed by atoms with E-state index in [0.29, 0.717) is 24.1 Å². The van der Waals surface area contributed by atoms with Gasteiger partial charge < -0.3 is 15.4 Å². The molecule has 0 saturated carbocycles. The van der Waals surface area contributed by atoms with Crippen molar-refractivity contribution < 1.29 is 4.74 Å². The summed E-state index contributed by atoms with van der Waals surface area (Å²) in [7, 11) is 1.67. The van der Waals surface area contributed by atoms with Gasteiger partial charge >= 0.3 is 0 Å². The first-order chi connectivity index (χ1) is 8.63. The molecule has 0 aliphatic carbocycles. The number of aliphatic imine (C=N–C) groups is 1. The second-order valence-corrected chi connectivity index (χ2v) is 5.36. The van der Waals surface area contributed by atoms with E-state index in [9.17, 15) is 0 Å². The van der Waals surface area contributed by atoms with E-state index in [4.69, 9.17) is 22.1 Å². The van der Waals surface area contributed by atoms with Crippen molar-refractivity contribution in [2.45, 2.75) is 6.04 Å². The van der Waals surface area contributed by atoms with Gasteiger partial charge in [0.25, 0.3) is 0 Å². The largest absolute Gasteiger partial charge is 0.383 e. The van der Waals surface area contributed by atoms with E-state index < -0.39 is 0 Å². The molecule has 0 aromatic heterocycles. The van der Waals surface area contributed by atoms with Crippen molar-refractivity contribution in [1.82, 2.24) is 4.90 Å². The molecule has 0 bridgehead atoms. The Morgan fingerprint density at radius 3 is 3.11 bits per heavy atom. The Labute approximate surface area is 120 Å². The molecule has 1 aliphatic rings. The minimum Gasteiger partial charge on any atom is -0.383 e. The summed E-state index contributed by atoms with van der Waals surface area (Å²) in [6, 6.07) is 5.87. The predicted octanol–water partition coefficient (Wildman–Crippen LogP) is 2.42. The van der Waals surface area contributed by atoms with Gasteiger partial charge in [0.15, 0.2) is 5.96 Å². The molecule has 6 heteroatoms. The summed E-state index contributed by atoms with van der Waals surface area (Å²) in [6.07, 6.45) is 0. The first-order valence-electron chi connectivity index (χ1n) is 5.64. The van der Waals surface area contributed by atoms with E-state index in [1.807, 2.05) is 23.1 Å². The zero-order valence-electron chi connectivity index (χ0n) is 10.1. The van der Waals surface area contributed by atoms with E-state index in [2.05, 4.69) is 20.9 Å². The Morgan fingerprint density at radius 1 is 1.61 bits per heavy atom. The first-order valence-corrected chi connectivity index (χ1v) is 6.81. The van der Waals surface area contributed by atoms with Gasteiger partial charge in [-0.05, 0) is 23.8 Å². The van der Waals surface area contributed by atoms with Gasteiger partial charge in [-0.3, -0.25) is 4.99 Å². The lowest BCUT2D eigenvalue weighted by atomic mass is 10.1. The molecule has 1 heterocycles. The van der Waals surface area contributed by atoms with Gasteiger partial charge in [0, 0.05) is 23.1 Å². The summed E-state index contributed by atoms with van der Waals surface area (Å²) < 4.78 is 6.12. The fourth-order valence-electron chi connectivity index (χ4n) is 2.03. The summed E-state index contributed by atoms with van der Waals surface area (Å²) in [6.45, 7) is 1.98. The van der Waals surface area contributed by atoms with Crippen LogP contribution in [-0.4, -0.2) is 37.7 Å². The minimum absolute atomic E-state index is 0.119. The number of methoxy groups -OCH3 is 1. The lowest BCUT2D eigenvalue weighted by molar-refractivity contribution is 0.166. The van der Waals surface area contributed by atoms with Crippen molar-refractivity contribution in [3.8, 4) is 0 Å². The number of hydrogen-bond donors (Lipinski definition) is 1. The topological polar surface area (TPSA) is 50.9 Å². The van der Waals surface area contributed by atoms with Gasteiger partial charge in [-0.15, -0.1) is 0 Å². The monoisotopic (exact) mass is 331 g/mol. The number of hydrogen-bond acceptors (Lipinski definition) is 4. The van der Waals surface area contributed by atoms with Crippen LogP contribution in [0.1, 0.15) is 11.6 Å². The van der Waals surface area contributed by atoms with Crippen LogP contribution in [0, 0.1) is 0 Å². The molecule has 1 aromatic carbocycles. The third-order valence-corrected chi connectivity index (χ3v) is 3.91. The van der Waals surface area contributed by atoms with Crippen molar-refractivity contribution in [3.63, 3.8) is 0 Å². The van der Waals surface area contributed by atoms with E-state index in [-0.39, 0.29) is 6.04 Å². The van der Waals surface area contributed by atoms with Crippen LogP contribution in [0.5, 0.6) is 0 Å². The van der Waals surface area contributed by atoms with E-state index in [0.717, 1.165) is 16.6 Å². The molecule has 18 heavy (non-hydrogen) atoms. The first kappa shape index (κ1) is 13.6. The van der Waals surface area contributed by atoms with Crippen LogP contribution >= 0.6 is 27.5 Å². The third-order valence-electron chi connectivity index (χ3n) is 2.95. The zero-order chi connectivity index (χ0) is 13.1. The highest BCUT2D eigenvalue weighted by atomic mass is 79.9. The maximum Gasteiger partial charge on any atom is 0.192 e. The summed E-state index contributed by atoms with van der Waals surface area (Å²) in [4.78, 5) is 6.34. The molecule has 1 unspecified atom stereocenters. The van der Waals surface area contributed by atoms with Crippen LogP contribution in [0.3, 0.4) is 0 Å². The van der Waals surface area contributed by atoms with Crippen LogP contribution in [0.2, 0.25) is 5.02 Å². The summed E-state index contributed by atoms with van der Waals surface area (Å²) in [5.41, 5.74) is 7.01. The van der Waals surface area contributed by atoms with Crippen molar-refractivity contribution in [2.24, 2.45) is 10.7 Å². The molecule has 2 rings (SSSR count). The molecular weight excluding hydrogens is 318 g/mol. The second-order valence-electron chi connectivity index (χ2n) is 4.07. The number of nitrogens with zero attached hydrogens (tertiary/aromatic N) is 2. The van der Waals surface area contributed by atoms with Crippen LogP contribution in [-0.2, 0) is 4.74 Å². The van der Waals surface area contributed by atoms with Crippen LogP contribution < -0.4 is 5.73 Å². The minimum atomic E-state index is 0.119. The van der Waals surface area contributed by atoms with Gasteiger partial charge in [0.2, 0.25) is 0 Å². The highest BCUT2D eigenvalue weighted by Crippen LogP contribution is 2.32. The molecule has 0 fully saturated rings. The molecule has 0 spiro atoms. The number of guanidine groups is 1. The third kappa shape index (κ3) is 2.79. The molecule has 1 atom stereocenters. The van der Waals surface area contributed by atoms with Gasteiger partial charge in [-0.25, -0.2) is 0 Å². The number of ether oxygens (including phenoxy) is 1. The lowest BCUT2D eigenvalue weighted by Gasteiger charge is -2.27. The molecule has 4 nitrogen and oxygen atoms in total. The number of halogens is 2. The van der Waals surface area contributed by atoms with Crippen LogP contribution in [0.4, 0.5) is 0 Å². The quantitative estimate of drug-likeness (QED) is 0.921. The maximum absolute atomic E-state index is 6.05. The summed E-state index contributed by atoms with van der Waals surface area (Å²) in [5, 5.41) is 0.713. The van der Waals surface area contributed by atoms with Crippen LogP contribution in [0.25, 0.3) is 0 Å². The SMILES string of the molecule is COCCN1C(N)=NCC1c1cc(Cl)ccc1Br. The standard InChI is InChI=1S/C12H15BrClN3O/c1-18-5-4-17-11(7-16-12(17)15)9-6-8(14)2-3-10(9)13/h2-3,6,11H,4-5,7H2,1H3,(H2,15,16). The Balaban J connectivity index is 2.24. The lowest BCUT2D eigenvalue weighted by Crippen LogP contribution is -2.38. The zero-order valence-corrected chi connectivity index (χ0v) is 12.4. The van der Waals surface area contributed by atoms with Crippen LogP contribution in [0.15, 0.2) is 27.7 Å². The molecule has 1 aromatic rings. The molecular formula is C12H15BrClN3O. The van der Waals surface area contributed by atoms with E-state index in [1.54, 1.807) is 7.11 Å². The smallest absolute Gasteiger partial charge is 0.192 e. The van der Waals surface area contributed by atoms with Crippen molar-refractivity contribution in [2.75, 3.05) is 26.8 Å². The van der Waals surface area contributed by atoms with Crippen molar-refractivity contribution >= 4 is 33.5 Å². The fourth-order valence-corrected chi connectivity index (χ4v) is 2.72. The molecule has 0 amide bonds. The molecule has 1 aliphatic heterocycles. The Bertz CT molecular complexity index is 467. The van der Waals surface area contributed by atoms with Gasteiger partial charge in [-0.2, -0.15) is 0 Å². The fraction of sp³-hybridized carbons (Fsp3) is 0.417. The molecule has 0 saturated heterocycles. The highest BCUT2D eigenvalue weighted by molar-refractivity contribution is 9.10. The molecule has 2 N–H and O–H groups in total. The summed E-state index contributed by atoms with van der Waals surface area (Å²) in [5.74, 6) is 0.559. The second kappa shape index (κ2) is 5.91. The Kier molecular flexibility index (Phi) is 4.48. The number of rotatable bonds is 4. The highest BCUT2D eigenvalue weighted by Gasteiger charge is 2.28. The predicted molar refractivity (Wildman–Crippen MR) is 77.0 cm³/mol. The van der Waals surface area contributed by atoms with Gasteiger partial charge in [0.1, 0.15) is 0 Å². The Hall–Kier alpha value is -0.780. The average molecular weight is 333 g/mol. The van der Waals surface area contributed by atoms with E-state index >= 15 is 0 Å². The van der Waals surface area contributed by atoms with Gasteiger partial charge in [-0.1, -0.05) is 27.5 Å². The molecule has 98 valence electrons. The van der Waals surface area contributed by atoms with E-state index in [1.165, 1.54) is 0 Å². The number of benzene rings is 1. The van der Waals surface area contributed by atoms with Crippen molar-refractivity contribution in [1.29, 1.82) is 0 Å². The average Bonchev–Trinajstić information content (AvgIpc) is 2.71. The Morgan fingerprint density at radius 2 is 2.39 bits per heavy atom. The number of nitrogens with two attached hydrogens (primary N) is 1. The van der Waals surface area contributed by atoms with Crippen molar-refractivity contribution in [3.05, 3.63) is 33.3 Å². The normalized spacial score (nSPS) is 19.2. The summed E-state index contributed by atoms with van der Waals surface area (Å²) >= 11 is 9.60. The maximum atomic E-state index is 6.05.